The lowest BCUT2D eigenvalue weighted by Crippen LogP contribution is -2.40. The van der Waals surface area contributed by atoms with Crippen LogP contribution in [0.3, 0.4) is 0 Å². The molecule has 3 atom stereocenters. The second kappa shape index (κ2) is 4.31. The first-order valence-electron chi connectivity index (χ1n) is 5.76. The van der Waals surface area contributed by atoms with Crippen molar-refractivity contribution in [2.24, 2.45) is 0 Å². The molecule has 0 saturated carbocycles. The smallest absolute Gasteiger partial charge is 0.250 e. The maximum Gasteiger partial charge on any atom is 0.250 e. The summed E-state index contributed by atoms with van der Waals surface area (Å²) in [4.78, 5) is 0.402. The van der Waals surface area contributed by atoms with E-state index in [4.69, 9.17) is 10.00 Å². The van der Waals surface area contributed by atoms with Gasteiger partial charge in [0.15, 0.2) is 0 Å². The minimum Gasteiger partial charge on any atom is -0.373 e. The van der Waals surface area contributed by atoms with Gasteiger partial charge in [-0.2, -0.15) is 5.26 Å². The van der Waals surface area contributed by atoms with E-state index >= 15 is 0 Å². The molecule has 0 radical (unpaired) electrons. The third-order valence-corrected chi connectivity index (χ3v) is 6.34. The van der Waals surface area contributed by atoms with Gasteiger partial charge in [-0.15, -0.1) is 11.3 Å². The number of thiophene rings is 1. The van der Waals surface area contributed by atoms with Crippen LogP contribution in [-0.4, -0.2) is 26.7 Å². The maximum absolute atomic E-state index is 12.1. The zero-order valence-corrected chi connectivity index (χ0v) is 11.1. The number of nitrogens with zero attached hydrogens (tertiary/aromatic N) is 1. The normalized spacial score (nSPS) is 30.5. The average molecular weight is 284 g/mol. The Morgan fingerprint density at radius 1 is 1.44 bits per heavy atom. The summed E-state index contributed by atoms with van der Waals surface area (Å²) in [5.74, 6) is 0. The van der Waals surface area contributed by atoms with E-state index < -0.39 is 10.0 Å². The Hall–Kier alpha value is -0.940. The minimum absolute atomic E-state index is 0.0141. The van der Waals surface area contributed by atoms with Crippen molar-refractivity contribution < 1.29 is 13.2 Å². The van der Waals surface area contributed by atoms with E-state index in [0.717, 1.165) is 30.6 Å². The fourth-order valence-electron chi connectivity index (χ4n) is 2.54. The fourth-order valence-corrected chi connectivity index (χ4v) is 4.94. The molecule has 2 fully saturated rings. The van der Waals surface area contributed by atoms with Gasteiger partial charge in [-0.25, -0.2) is 13.1 Å². The third kappa shape index (κ3) is 2.06. The van der Waals surface area contributed by atoms with E-state index in [1.54, 1.807) is 0 Å². The van der Waals surface area contributed by atoms with Crippen LogP contribution in [0.5, 0.6) is 0 Å². The molecule has 1 N–H and O–H groups in total. The molecule has 0 amide bonds. The number of hydrogen-bond acceptors (Lipinski definition) is 5. The number of ether oxygens (including phenoxy) is 1. The summed E-state index contributed by atoms with van der Waals surface area (Å²) in [6.07, 6.45) is 2.92. The molecule has 0 aromatic carbocycles. The van der Waals surface area contributed by atoms with Crippen LogP contribution in [0.15, 0.2) is 16.3 Å². The second-order valence-electron chi connectivity index (χ2n) is 4.57. The summed E-state index contributed by atoms with van der Waals surface area (Å²) in [5, 5.41) is 8.71. The minimum atomic E-state index is -3.52. The molecule has 5 nitrogen and oxygen atoms in total. The lowest BCUT2D eigenvalue weighted by molar-refractivity contribution is 0.0996. The predicted octanol–water partition coefficient (Wildman–Crippen LogP) is 1.22. The first-order chi connectivity index (χ1) is 8.58. The molecule has 0 aliphatic carbocycles. The van der Waals surface area contributed by atoms with Crippen molar-refractivity contribution in [3.05, 3.63) is 17.0 Å². The molecule has 96 valence electrons. The van der Waals surface area contributed by atoms with Gasteiger partial charge in [0, 0.05) is 0 Å². The molecule has 2 saturated heterocycles. The predicted molar refractivity (Wildman–Crippen MR) is 65.7 cm³/mol. The number of nitriles is 1. The molecule has 3 heterocycles. The summed E-state index contributed by atoms with van der Waals surface area (Å²) in [6.45, 7) is 0. The highest BCUT2D eigenvalue weighted by atomic mass is 32.2. The van der Waals surface area contributed by atoms with Crippen LogP contribution in [0.2, 0.25) is 0 Å². The molecule has 3 unspecified atom stereocenters. The molecular weight excluding hydrogens is 272 g/mol. The Labute approximate surface area is 109 Å². The van der Waals surface area contributed by atoms with Crippen molar-refractivity contribution in [1.82, 2.24) is 4.72 Å². The summed E-state index contributed by atoms with van der Waals surface area (Å²) in [7, 11) is -3.52. The van der Waals surface area contributed by atoms with Gasteiger partial charge >= 0.3 is 0 Å². The number of sulfonamides is 1. The first kappa shape index (κ1) is 12.1. The standard InChI is InChI=1S/C11H12N2O3S2/c12-6-8-2-4-11(17-8)18(14,15)13-9-5-7-1-3-10(9)16-7/h2,4,7,9-10,13H,1,3,5H2. The van der Waals surface area contributed by atoms with Crippen molar-refractivity contribution in [2.45, 2.75) is 41.7 Å². The van der Waals surface area contributed by atoms with Crippen LogP contribution >= 0.6 is 11.3 Å². The van der Waals surface area contributed by atoms with Crippen LogP contribution in [0.4, 0.5) is 0 Å². The molecule has 1 aromatic heterocycles. The van der Waals surface area contributed by atoms with Crippen molar-refractivity contribution in [2.75, 3.05) is 0 Å². The Morgan fingerprint density at radius 2 is 2.28 bits per heavy atom. The SMILES string of the molecule is N#Cc1ccc(S(=O)(=O)NC2CC3CCC2O3)s1. The lowest BCUT2D eigenvalue weighted by Gasteiger charge is -2.19. The monoisotopic (exact) mass is 284 g/mol. The molecule has 18 heavy (non-hydrogen) atoms. The Morgan fingerprint density at radius 3 is 2.83 bits per heavy atom. The van der Waals surface area contributed by atoms with Gasteiger partial charge < -0.3 is 4.74 Å². The Balaban J connectivity index is 1.77. The molecule has 2 bridgehead atoms. The quantitative estimate of drug-likeness (QED) is 0.905. The maximum atomic E-state index is 12.1. The van der Waals surface area contributed by atoms with Gasteiger partial charge in [-0.3, -0.25) is 0 Å². The van der Waals surface area contributed by atoms with Crippen LogP contribution < -0.4 is 4.72 Å². The topological polar surface area (TPSA) is 79.2 Å². The number of rotatable bonds is 3. The fraction of sp³-hybridized carbons (Fsp3) is 0.545. The van der Waals surface area contributed by atoms with E-state index in [1.165, 1.54) is 12.1 Å². The molecule has 3 rings (SSSR count). The van der Waals surface area contributed by atoms with E-state index in [0.29, 0.717) is 4.88 Å². The largest absolute Gasteiger partial charge is 0.373 e. The van der Waals surface area contributed by atoms with Crippen molar-refractivity contribution in [1.29, 1.82) is 5.26 Å². The van der Waals surface area contributed by atoms with Crippen molar-refractivity contribution >= 4 is 21.4 Å². The number of fused-ring (bicyclic) bond motifs is 2. The van der Waals surface area contributed by atoms with Crippen molar-refractivity contribution in [3.63, 3.8) is 0 Å². The summed E-state index contributed by atoms with van der Waals surface area (Å²) in [5.41, 5.74) is 0. The third-order valence-electron chi connectivity index (χ3n) is 3.37. The van der Waals surface area contributed by atoms with Gasteiger partial charge in [0.1, 0.15) is 15.2 Å². The van der Waals surface area contributed by atoms with Gasteiger partial charge in [0.2, 0.25) is 10.0 Å². The van der Waals surface area contributed by atoms with E-state index in [-0.39, 0.29) is 22.5 Å². The van der Waals surface area contributed by atoms with Gasteiger partial charge in [-0.1, -0.05) is 0 Å². The number of hydrogen-bond donors (Lipinski definition) is 1. The van der Waals surface area contributed by atoms with Crippen LogP contribution in [0.1, 0.15) is 24.1 Å². The van der Waals surface area contributed by atoms with Crippen LogP contribution in [0.25, 0.3) is 0 Å². The first-order valence-corrected chi connectivity index (χ1v) is 8.06. The van der Waals surface area contributed by atoms with Gasteiger partial charge in [0.25, 0.3) is 0 Å². The van der Waals surface area contributed by atoms with Crippen molar-refractivity contribution in [3.8, 4) is 6.07 Å². The molecule has 0 spiro atoms. The van der Waals surface area contributed by atoms with Gasteiger partial charge in [0.05, 0.1) is 18.2 Å². The zero-order chi connectivity index (χ0) is 12.8. The van der Waals surface area contributed by atoms with Crippen LogP contribution in [0, 0.1) is 11.3 Å². The van der Waals surface area contributed by atoms with Gasteiger partial charge in [-0.05, 0) is 31.4 Å². The average Bonchev–Trinajstić information content (AvgIpc) is 3.04. The summed E-state index contributed by atoms with van der Waals surface area (Å²) >= 11 is 0.991. The zero-order valence-electron chi connectivity index (χ0n) is 9.50. The molecule has 2 aliphatic rings. The van der Waals surface area contributed by atoms with Crippen LogP contribution in [-0.2, 0) is 14.8 Å². The Kier molecular flexibility index (Phi) is 2.90. The Bertz CT molecular complexity index is 602. The van der Waals surface area contributed by atoms with E-state index in [1.807, 2.05) is 6.07 Å². The molecule has 1 aromatic rings. The molecular formula is C11H12N2O3S2. The number of nitrogens with one attached hydrogen (secondary N) is 1. The van der Waals surface area contributed by atoms with E-state index in [2.05, 4.69) is 4.72 Å². The highest BCUT2D eigenvalue weighted by molar-refractivity contribution is 7.91. The summed E-state index contributed by atoms with van der Waals surface area (Å²) in [6, 6.07) is 4.81. The van der Waals surface area contributed by atoms with E-state index in [9.17, 15) is 8.42 Å². The highest BCUT2D eigenvalue weighted by Crippen LogP contribution is 2.35. The molecule has 7 heteroatoms. The second-order valence-corrected chi connectivity index (χ2v) is 7.59. The lowest BCUT2D eigenvalue weighted by atomic mass is 9.96. The highest BCUT2D eigenvalue weighted by Gasteiger charge is 2.42. The molecule has 2 aliphatic heterocycles. The summed E-state index contributed by atoms with van der Waals surface area (Å²) < 4.78 is 32.8.